The molecule has 10 heteroatoms. The minimum absolute atomic E-state index is 0.0521. The van der Waals surface area contributed by atoms with Gasteiger partial charge in [-0.3, -0.25) is 0 Å². The zero-order valence-electron chi connectivity index (χ0n) is 11.3. The Morgan fingerprint density at radius 3 is 2.77 bits per heavy atom. The van der Waals surface area contributed by atoms with Crippen molar-refractivity contribution >= 4 is 11.5 Å². The van der Waals surface area contributed by atoms with Crippen molar-refractivity contribution in [2.75, 3.05) is 11.9 Å². The number of aryl methyl sites for hydroxylation is 1. The summed E-state index contributed by atoms with van der Waals surface area (Å²) in [6.07, 6.45) is 1.43. The molecule has 0 aliphatic rings. The van der Waals surface area contributed by atoms with Crippen molar-refractivity contribution in [1.82, 2.24) is 29.4 Å². The van der Waals surface area contributed by atoms with Gasteiger partial charge in [-0.05, 0) is 18.6 Å². The highest BCUT2D eigenvalue weighted by atomic mass is 19.4. The number of rotatable bonds is 5. The van der Waals surface area contributed by atoms with Gasteiger partial charge >= 0.3 is 6.18 Å². The summed E-state index contributed by atoms with van der Waals surface area (Å²) in [4.78, 5) is 3.93. The molecule has 3 aromatic heterocycles. The second kappa shape index (κ2) is 5.62. The van der Waals surface area contributed by atoms with Crippen LogP contribution in [0.1, 0.15) is 12.2 Å². The van der Waals surface area contributed by atoms with Gasteiger partial charge in [0.05, 0.1) is 6.33 Å². The van der Waals surface area contributed by atoms with Crippen molar-refractivity contribution in [3.63, 3.8) is 0 Å². The molecular formula is C12H12F3N7. The molecule has 0 saturated carbocycles. The van der Waals surface area contributed by atoms with Crippen molar-refractivity contribution in [1.29, 1.82) is 0 Å². The molecule has 0 aromatic carbocycles. The summed E-state index contributed by atoms with van der Waals surface area (Å²) in [5.41, 5.74) is 0.0521. The van der Waals surface area contributed by atoms with Crippen LogP contribution in [0.4, 0.5) is 19.0 Å². The first-order valence-electron chi connectivity index (χ1n) is 6.53. The van der Waals surface area contributed by atoms with Gasteiger partial charge in [0.2, 0.25) is 0 Å². The largest absolute Gasteiger partial charge is 0.453 e. The zero-order valence-corrected chi connectivity index (χ0v) is 11.3. The maximum Gasteiger partial charge on any atom is 0.453 e. The molecule has 0 unspecified atom stereocenters. The van der Waals surface area contributed by atoms with Crippen molar-refractivity contribution in [3.8, 4) is 0 Å². The molecule has 1 N–H and O–H groups in total. The van der Waals surface area contributed by atoms with E-state index in [9.17, 15) is 13.2 Å². The van der Waals surface area contributed by atoms with Gasteiger partial charge in [-0.25, -0.2) is 4.98 Å². The lowest BCUT2D eigenvalue weighted by Gasteiger charge is -2.07. The number of anilines is 1. The standard InChI is InChI=1S/C12H12F3N7/c13-12(14,15)11-19-18-10-3-2-9(20-22(10)11)17-4-1-6-21-7-5-16-8-21/h2-3,5,7-8H,1,4,6H2,(H,17,20). The monoisotopic (exact) mass is 311 g/mol. The smallest absolute Gasteiger partial charge is 0.369 e. The van der Waals surface area contributed by atoms with E-state index in [1.807, 2.05) is 10.8 Å². The summed E-state index contributed by atoms with van der Waals surface area (Å²) < 4.78 is 40.9. The average Bonchev–Trinajstić information content (AvgIpc) is 3.11. The van der Waals surface area contributed by atoms with E-state index in [1.54, 1.807) is 18.6 Å². The highest BCUT2D eigenvalue weighted by Gasteiger charge is 2.37. The van der Waals surface area contributed by atoms with E-state index in [-0.39, 0.29) is 5.65 Å². The Kier molecular flexibility index (Phi) is 3.65. The Bertz CT molecular complexity index is 748. The Balaban J connectivity index is 1.66. The molecule has 0 amide bonds. The third-order valence-corrected chi connectivity index (χ3v) is 2.97. The average molecular weight is 311 g/mol. The van der Waals surface area contributed by atoms with Gasteiger partial charge < -0.3 is 9.88 Å². The Morgan fingerprint density at radius 1 is 1.18 bits per heavy atom. The van der Waals surface area contributed by atoms with Crippen LogP contribution in [0, 0.1) is 0 Å². The highest BCUT2D eigenvalue weighted by molar-refractivity contribution is 5.44. The van der Waals surface area contributed by atoms with Crippen molar-refractivity contribution in [2.45, 2.75) is 19.1 Å². The predicted molar refractivity (Wildman–Crippen MR) is 71.1 cm³/mol. The van der Waals surface area contributed by atoms with Gasteiger partial charge in [0, 0.05) is 25.5 Å². The van der Waals surface area contributed by atoms with E-state index in [0.29, 0.717) is 16.9 Å². The number of aromatic nitrogens is 6. The van der Waals surface area contributed by atoms with Gasteiger partial charge in [0.25, 0.3) is 5.82 Å². The van der Waals surface area contributed by atoms with Gasteiger partial charge in [0.15, 0.2) is 5.65 Å². The van der Waals surface area contributed by atoms with Crippen LogP contribution in [0.25, 0.3) is 5.65 Å². The summed E-state index contributed by atoms with van der Waals surface area (Å²) in [5.74, 6) is -0.798. The zero-order chi connectivity index (χ0) is 15.6. The molecule has 0 bridgehead atoms. The van der Waals surface area contributed by atoms with Crippen LogP contribution in [0.5, 0.6) is 0 Å². The number of fused-ring (bicyclic) bond motifs is 1. The van der Waals surface area contributed by atoms with Crippen molar-refractivity contribution in [2.24, 2.45) is 0 Å². The van der Waals surface area contributed by atoms with Crippen LogP contribution < -0.4 is 5.32 Å². The Labute approximate surface area is 122 Å². The number of hydrogen-bond acceptors (Lipinski definition) is 5. The number of nitrogens with zero attached hydrogens (tertiary/aromatic N) is 6. The van der Waals surface area contributed by atoms with Gasteiger partial charge in [-0.1, -0.05) is 0 Å². The fraction of sp³-hybridized carbons (Fsp3) is 0.333. The van der Waals surface area contributed by atoms with Crippen LogP contribution in [-0.2, 0) is 12.7 Å². The maximum atomic E-state index is 12.8. The fourth-order valence-corrected chi connectivity index (χ4v) is 1.96. The minimum Gasteiger partial charge on any atom is -0.369 e. The van der Waals surface area contributed by atoms with Gasteiger partial charge in [-0.15, -0.1) is 15.3 Å². The molecule has 3 heterocycles. The molecule has 3 aromatic rings. The molecule has 22 heavy (non-hydrogen) atoms. The van der Waals surface area contributed by atoms with E-state index in [4.69, 9.17) is 0 Å². The molecule has 0 aliphatic carbocycles. The molecule has 3 rings (SSSR count). The number of halogens is 3. The molecule has 0 spiro atoms. The first-order valence-corrected chi connectivity index (χ1v) is 6.53. The summed E-state index contributed by atoms with van der Waals surface area (Å²) in [6.45, 7) is 1.33. The molecule has 0 fully saturated rings. The lowest BCUT2D eigenvalue weighted by Crippen LogP contribution is -2.14. The second-order valence-electron chi connectivity index (χ2n) is 4.59. The quantitative estimate of drug-likeness (QED) is 0.728. The fourth-order valence-electron chi connectivity index (χ4n) is 1.96. The van der Waals surface area contributed by atoms with Crippen LogP contribution in [-0.4, -0.2) is 35.9 Å². The van der Waals surface area contributed by atoms with E-state index >= 15 is 0 Å². The number of nitrogens with one attached hydrogen (secondary N) is 1. The molecule has 0 saturated heterocycles. The van der Waals surface area contributed by atoms with E-state index < -0.39 is 12.0 Å². The minimum atomic E-state index is -4.59. The van der Waals surface area contributed by atoms with E-state index in [2.05, 4.69) is 25.6 Å². The lowest BCUT2D eigenvalue weighted by molar-refractivity contribution is -0.146. The number of hydrogen-bond donors (Lipinski definition) is 1. The molecular weight excluding hydrogens is 299 g/mol. The van der Waals surface area contributed by atoms with Crippen LogP contribution in [0.2, 0.25) is 0 Å². The molecule has 116 valence electrons. The number of imidazole rings is 1. The summed E-state index contributed by atoms with van der Waals surface area (Å²) in [7, 11) is 0. The molecule has 0 atom stereocenters. The van der Waals surface area contributed by atoms with Gasteiger partial charge in [0.1, 0.15) is 5.82 Å². The SMILES string of the molecule is FC(F)(F)c1nnc2ccc(NCCCn3ccnc3)nn12. The van der Waals surface area contributed by atoms with Crippen molar-refractivity contribution in [3.05, 3.63) is 36.7 Å². The van der Waals surface area contributed by atoms with Crippen LogP contribution >= 0.6 is 0 Å². The summed E-state index contributed by atoms with van der Waals surface area (Å²) in [6, 6.07) is 3.01. The lowest BCUT2D eigenvalue weighted by atomic mass is 10.4. The predicted octanol–water partition coefficient (Wildman–Crippen LogP) is 1.84. The summed E-state index contributed by atoms with van der Waals surface area (Å²) in [5, 5.41) is 13.4. The topological polar surface area (TPSA) is 72.9 Å². The highest BCUT2D eigenvalue weighted by Crippen LogP contribution is 2.27. The second-order valence-corrected chi connectivity index (χ2v) is 4.59. The van der Waals surface area contributed by atoms with Gasteiger partial charge in [-0.2, -0.15) is 17.7 Å². The molecule has 7 nitrogen and oxygen atoms in total. The van der Waals surface area contributed by atoms with E-state index in [1.165, 1.54) is 6.07 Å². The van der Waals surface area contributed by atoms with Crippen LogP contribution in [0.3, 0.4) is 0 Å². The Morgan fingerprint density at radius 2 is 2.05 bits per heavy atom. The third-order valence-electron chi connectivity index (χ3n) is 2.97. The normalized spacial score (nSPS) is 12.0. The first-order chi connectivity index (χ1) is 10.5. The number of alkyl halides is 3. The van der Waals surface area contributed by atoms with Crippen LogP contribution in [0.15, 0.2) is 30.9 Å². The third kappa shape index (κ3) is 3.00. The maximum absolute atomic E-state index is 12.8. The first kappa shape index (κ1) is 14.3. The summed E-state index contributed by atoms with van der Waals surface area (Å²) >= 11 is 0. The Hall–Kier alpha value is -2.65. The van der Waals surface area contributed by atoms with E-state index in [0.717, 1.165) is 13.0 Å². The van der Waals surface area contributed by atoms with Crippen molar-refractivity contribution < 1.29 is 13.2 Å². The molecule has 0 radical (unpaired) electrons. The molecule has 0 aliphatic heterocycles.